The predicted octanol–water partition coefficient (Wildman–Crippen LogP) is 3.81. The van der Waals surface area contributed by atoms with Crippen LogP contribution < -0.4 is 5.32 Å². The van der Waals surface area contributed by atoms with Crippen molar-refractivity contribution in [3.8, 4) is 0 Å². The molecule has 0 spiro atoms. The van der Waals surface area contributed by atoms with E-state index in [1.165, 1.54) is 5.56 Å². The summed E-state index contributed by atoms with van der Waals surface area (Å²) in [5, 5.41) is 3.20. The first kappa shape index (κ1) is 9.26. The van der Waals surface area contributed by atoms with Gasteiger partial charge in [0.05, 0.1) is 6.85 Å². The van der Waals surface area contributed by atoms with Crippen LogP contribution in [0.4, 0.5) is 5.69 Å². The molecule has 1 fully saturated rings. The van der Waals surface area contributed by atoms with Crippen LogP contribution in [0, 0.1) is 0 Å². The van der Waals surface area contributed by atoms with Crippen molar-refractivity contribution in [3.05, 3.63) is 66.1 Å². The molecule has 2 heteroatoms. The van der Waals surface area contributed by atoms with Crippen molar-refractivity contribution in [3.63, 3.8) is 0 Å². The molecule has 0 atom stereocenters. The molecular formula is C19H24N2. The van der Waals surface area contributed by atoms with Gasteiger partial charge in [0.15, 0.2) is 0 Å². The van der Waals surface area contributed by atoms with Crippen LogP contribution in [0.15, 0.2) is 60.5 Å². The van der Waals surface area contributed by atoms with E-state index in [9.17, 15) is 0 Å². The Morgan fingerprint density at radius 2 is 1.76 bits per heavy atom. The maximum absolute atomic E-state index is 8.01. The van der Waals surface area contributed by atoms with E-state index in [1.807, 2.05) is 6.07 Å². The van der Waals surface area contributed by atoms with E-state index in [0.717, 1.165) is 38.9 Å². The molecule has 0 amide bonds. The van der Waals surface area contributed by atoms with Gasteiger partial charge < -0.3 is 10.2 Å². The highest BCUT2D eigenvalue weighted by Gasteiger charge is 2.18. The Labute approximate surface area is 134 Å². The minimum absolute atomic E-state index is 0.131. The van der Waals surface area contributed by atoms with Crippen LogP contribution in [0.25, 0.3) is 0 Å². The molecule has 3 rings (SSSR count). The normalized spacial score (nSPS) is 20.1. The molecule has 0 bridgehead atoms. The van der Waals surface area contributed by atoms with Crippen molar-refractivity contribution in [2.75, 3.05) is 25.0 Å². The number of likely N-dealkylation sites (tertiary alicyclic amines) is 1. The third-order valence-corrected chi connectivity index (χ3v) is 4.00. The zero-order valence-corrected chi connectivity index (χ0v) is 12.2. The van der Waals surface area contributed by atoms with Crippen molar-refractivity contribution in [1.82, 2.24) is 4.90 Å². The topological polar surface area (TPSA) is 15.3 Å². The molecule has 1 N–H and O–H groups in total. The lowest BCUT2D eigenvalue weighted by Crippen LogP contribution is -2.40. The zero-order chi connectivity index (χ0) is 18.7. The fraction of sp³-hybridized carbons (Fsp3) is 0.368. The Kier molecular flexibility index (Phi) is 3.21. The van der Waals surface area contributed by atoms with Crippen LogP contribution in [0.5, 0.6) is 0 Å². The largest absolute Gasteiger partial charge is 0.382 e. The molecule has 2 aromatic rings. The molecule has 1 heterocycles. The number of piperidine rings is 1. The molecule has 1 aliphatic heterocycles. The average Bonchev–Trinajstić information content (AvgIpc) is 2.68. The molecule has 0 aromatic heterocycles. The second-order valence-electron chi connectivity index (χ2n) is 5.50. The molecule has 0 radical (unpaired) electrons. The summed E-state index contributed by atoms with van der Waals surface area (Å²) in [5.41, 5.74) is 1.56. The van der Waals surface area contributed by atoms with Crippen molar-refractivity contribution in [1.29, 1.82) is 0 Å². The SMILES string of the molecule is [2H]c1c([2H])c([2H])c(NC2CCN(CCc3ccccc3)CC2)c([2H])c1[2H]. The third-order valence-electron chi connectivity index (χ3n) is 4.00. The summed E-state index contributed by atoms with van der Waals surface area (Å²) in [7, 11) is 0. The molecule has 1 aliphatic rings. The number of nitrogens with zero attached hydrogens (tertiary/aromatic N) is 1. The Hall–Kier alpha value is -1.80. The van der Waals surface area contributed by atoms with Crippen LogP contribution >= 0.6 is 0 Å². The van der Waals surface area contributed by atoms with Gasteiger partial charge in [-0.25, -0.2) is 0 Å². The fourth-order valence-electron chi connectivity index (χ4n) is 2.76. The Morgan fingerprint density at radius 1 is 1.05 bits per heavy atom. The van der Waals surface area contributed by atoms with E-state index >= 15 is 0 Å². The smallest absolute Gasteiger partial charge is 0.0645 e. The molecular weight excluding hydrogens is 256 g/mol. The van der Waals surface area contributed by atoms with Gasteiger partial charge in [0, 0.05) is 31.4 Å². The monoisotopic (exact) mass is 285 g/mol. The van der Waals surface area contributed by atoms with E-state index in [0.29, 0.717) is 0 Å². The fourth-order valence-corrected chi connectivity index (χ4v) is 2.76. The molecule has 0 unspecified atom stereocenters. The molecule has 1 saturated heterocycles. The first-order chi connectivity index (χ1) is 12.5. The minimum Gasteiger partial charge on any atom is -0.382 e. The number of hydrogen-bond acceptors (Lipinski definition) is 2. The van der Waals surface area contributed by atoms with Crippen molar-refractivity contribution in [2.24, 2.45) is 0 Å². The van der Waals surface area contributed by atoms with Crippen LogP contribution in [0.3, 0.4) is 0 Å². The number of hydrogen-bond donors (Lipinski definition) is 1. The van der Waals surface area contributed by atoms with E-state index < -0.39 is 0 Å². The summed E-state index contributed by atoms with van der Waals surface area (Å²) in [6, 6.07) is 9.36. The summed E-state index contributed by atoms with van der Waals surface area (Å²) in [6.07, 6.45) is 2.83. The van der Waals surface area contributed by atoms with Crippen LogP contribution in [0.1, 0.15) is 25.3 Å². The van der Waals surface area contributed by atoms with E-state index in [-0.39, 0.29) is 41.9 Å². The van der Waals surface area contributed by atoms with E-state index in [2.05, 4.69) is 34.5 Å². The maximum Gasteiger partial charge on any atom is 0.0645 e. The van der Waals surface area contributed by atoms with Gasteiger partial charge in [-0.1, -0.05) is 48.5 Å². The van der Waals surface area contributed by atoms with Crippen molar-refractivity contribution in [2.45, 2.75) is 25.3 Å². The Morgan fingerprint density at radius 3 is 2.48 bits per heavy atom. The third kappa shape index (κ3) is 4.33. The van der Waals surface area contributed by atoms with Gasteiger partial charge >= 0.3 is 0 Å². The molecule has 2 nitrogen and oxygen atoms in total. The summed E-state index contributed by atoms with van der Waals surface area (Å²) in [6.45, 7) is 2.91. The van der Waals surface area contributed by atoms with Crippen molar-refractivity contribution >= 4 is 5.69 Å². The van der Waals surface area contributed by atoms with Gasteiger partial charge in [0.2, 0.25) is 0 Å². The predicted molar refractivity (Wildman–Crippen MR) is 89.7 cm³/mol. The van der Waals surface area contributed by atoms with Crippen LogP contribution in [-0.4, -0.2) is 30.6 Å². The lowest BCUT2D eigenvalue weighted by Gasteiger charge is -2.32. The maximum atomic E-state index is 8.01. The summed E-state index contributed by atoms with van der Waals surface area (Å²) >= 11 is 0. The molecule has 21 heavy (non-hydrogen) atoms. The summed E-state index contributed by atoms with van der Waals surface area (Å²) in [5.74, 6) is 0. The van der Waals surface area contributed by atoms with Gasteiger partial charge in [-0.2, -0.15) is 0 Å². The lowest BCUT2D eigenvalue weighted by atomic mass is 10.0. The number of para-hydroxylation sites is 1. The second-order valence-corrected chi connectivity index (χ2v) is 5.50. The van der Waals surface area contributed by atoms with Gasteiger partial charge in [0.1, 0.15) is 0 Å². The summed E-state index contributed by atoms with van der Waals surface area (Å²) in [4.78, 5) is 2.42. The summed E-state index contributed by atoms with van der Waals surface area (Å²) < 4.78 is 39.2. The molecule has 2 aromatic carbocycles. The van der Waals surface area contributed by atoms with Crippen LogP contribution in [0.2, 0.25) is 0 Å². The van der Waals surface area contributed by atoms with E-state index in [1.54, 1.807) is 0 Å². The first-order valence-corrected chi connectivity index (χ1v) is 7.57. The molecule has 110 valence electrons. The average molecular weight is 285 g/mol. The highest BCUT2D eigenvalue weighted by Crippen LogP contribution is 2.16. The molecule has 0 saturated carbocycles. The van der Waals surface area contributed by atoms with Crippen molar-refractivity contribution < 1.29 is 6.85 Å². The van der Waals surface area contributed by atoms with Gasteiger partial charge in [-0.3, -0.25) is 0 Å². The first-order valence-electron chi connectivity index (χ1n) is 10.1. The quantitative estimate of drug-likeness (QED) is 0.899. The zero-order valence-electron chi connectivity index (χ0n) is 17.2. The Balaban J connectivity index is 1.56. The number of nitrogens with one attached hydrogen (secondary N) is 1. The molecule has 0 aliphatic carbocycles. The Bertz CT molecular complexity index is 729. The highest BCUT2D eigenvalue weighted by molar-refractivity contribution is 5.43. The highest BCUT2D eigenvalue weighted by atomic mass is 15.1. The van der Waals surface area contributed by atoms with Gasteiger partial charge in [-0.05, 0) is 36.9 Å². The van der Waals surface area contributed by atoms with Crippen LogP contribution in [-0.2, 0) is 6.42 Å². The standard InChI is InChI=1S/C19H24N2/c1-3-7-17(8-4-1)11-14-21-15-12-19(13-16-21)20-18-9-5-2-6-10-18/h1-10,19-20H,11-16H2/i2D,5D,6D,9D,10D. The van der Waals surface area contributed by atoms with Gasteiger partial charge in [-0.15, -0.1) is 0 Å². The second kappa shape index (κ2) is 7.28. The minimum atomic E-state index is -0.346. The lowest BCUT2D eigenvalue weighted by molar-refractivity contribution is 0.221. The van der Waals surface area contributed by atoms with E-state index in [4.69, 9.17) is 6.85 Å². The number of benzene rings is 2. The number of anilines is 1. The number of rotatable bonds is 5. The van der Waals surface area contributed by atoms with Gasteiger partial charge in [0.25, 0.3) is 0 Å².